The lowest BCUT2D eigenvalue weighted by molar-refractivity contribution is -0.171. The largest absolute Gasteiger partial charge is 0.362 e. The summed E-state index contributed by atoms with van der Waals surface area (Å²) in [4.78, 5) is 32.5. The zero-order chi connectivity index (χ0) is 21.7. The number of likely N-dealkylation sites (N-methyl/N-ethyl adjacent to an activating group) is 1. The van der Waals surface area contributed by atoms with Gasteiger partial charge in [-0.05, 0) is 18.4 Å². The normalized spacial score (nSPS) is 25.6. The summed E-state index contributed by atoms with van der Waals surface area (Å²) in [6.45, 7) is 3.13. The Balaban J connectivity index is 1.42. The van der Waals surface area contributed by atoms with Crippen molar-refractivity contribution in [1.29, 1.82) is 0 Å². The van der Waals surface area contributed by atoms with Crippen molar-refractivity contribution in [3.8, 4) is 0 Å². The monoisotopic (exact) mass is 425 g/mol. The number of nitrogens with zero attached hydrogens (tertiary/aromatic N) is 3. The molecule has 1 aromatic carbocycles. The van der Waals surface area contributed by atoms with E-state index in [0.717, 1.165) is 18.4 Å². The van der Waals surface area contributed by atoms with Gasteiger partial charge < -0.3 is 14.5 Å². The molecule has 3 aliphatic rings. The highest BCUT2D eigenvalue weighted by atomic mass is 16.5. The molecule has 1 spiro atoms. The quantitative estimate of drug-likeness (QED) is 0.681. The first kappa shape index (κ1) is 22.0. The van der Waals surface area contributed by atoms with E-state index in [-0.39, 0.29) is 11.8 Å². The zero-order valence-corrected chi connectivity index (χ0v) is 18.7. The van der Waals surface area contributed by atoms with Crippen molar-refractivity contribution >= 4 is 11.8 Å². The van der Waals surface area contributed by atoms with Gasteiger partial charge in [-0.1, -0.05) is 61.7 Å². The molecule has 4 rings (SSSR count). The first-order chi connectivity index (χ1) is 15.1. The molecule has 2 amide bonds. The highest BCUT2D eigenvalue weighted by Crippen LogP contribution is 2.29. The second-order valence-electron chi connectivity index (χ2n) is 9.20. The molecular weight excluding hydrogens is 390 g/mol. The molecule has 1 saturated carbocycles. The number of carbonyl (C=O) groups excluding carboxylic acids is 2. The van der Waals surface area contributed by atoms with Crippen LogP contribution in [0.4, 0.5) is 0 Å². The van der Waals surface area contributed by atoms with E-state index < -0.39 is 5.60 Å². The first-order valence-corrected chi connectivity index (χ1v) is 11.7. The minimum Gasteiger partial charge on any atom is -0.362 e. The van der Waals surface area contributed by atoms with E-state index in [0.29, 0.717) is 51.8 Å². The molecule has 6 nitrogen and oxygen atoms in total. The molecule has 6 heteroatoms. The van der Waals surface area contributed by atoms with Gasteiger partial charge >= 0.3 is 0 Å². The Labute approximate surface area is 185 Å². The van der Waals surface area contributed by atoms with Crippen LogP contribution in [0.5, 0.6) is 0 Å². The molecule has 1 atom stereocenters. The highest BCUT2D eigenvalue weighted by Gasteiger charge is 2.46. The van der Waals surface area contributed by atoms with E-state index >= 15 is 0 Å². The van der Waals surface area contributed by atoms with Crippen molar-refractivity contribution in [2.45, 2.75) is 56.7 Å². The zero-order valence-electron chi connectivity index (χ0n) is 18.7. The van der Waals surface area contributed by atoms with Gasteiger partial charge in [-0.25, -0.2) is 0 Å². The molecular formula is C25H35N3O3. The number of rotatable bonds is 5. The molecule has 2 aliphatic heterocycles. The third-order valence-electron chi connectivity index (χ3n) is 6.97. The smallest absolute Gasteiger partial charge is 0.257 e. The van der Waals surface area contributed by atoms with Crippen LogP contribution in [0.1, 0.15) is 44.1 Å². The third-order valence-corrected chi connectivity index (χ3v) is 6.97. The summed E-state index contributed by atoms with van der Waals surface area (Å²) in [6.07, 6.45) is 10.6. The van der Waals surface area contributed by atoms with Crippen LogP contribution in [0, 0.1) is 0 Å². The predicted molar refractivity (Wildman–Crippen MR) is 120 cm³/mol. The van der Waals surface area contributed by atoms with E-state index in [2.05, 4.69) is 17.1 Å². The van der Waals surface area contributed by atoms with Crippen LogP contribution in [-0.2, 0) is 20.9 Å². The summed E-state index contributed by atoms with van der Waals surface area (Å²) in [5, 5.41) is 0. The number of benzene rings is 1. The van der Waals surface area contributed by atoms with E-state index in [1.807, 2.05) is 47.2 Å². The fourth-order valence-electron chi connectivity index (χ4n) is 5.09. The maximum Gasteiger partial charge on any atom is 0.257 e. The Kier molecular flexibility index (Phi) is 7.08. The van der Waals surface area contributed by atoms with Gasteiger partial charge in [-0.3, -0.25) is 14.5 Å². The summed E-state index contributed by atoms with van der Waals surface area (Å²) >= 11 is 0. The number of morpholine rings is 1. The van der Waals surface area contributed by atoms with Crippen molar-refractivity contribution in [2.24, 2.45) is 0 Å². The van der Waals surface area contributed by atoms with Gasteiger partial charge in [-0.2, -0.15) is 0 Å². The molecule has 2 heterocycles. The Morgan fingerprint density at radius 3 is 2.71 bits per heavy atom. The molecule has 31 heavy (non-hydrogen) atoms. The molecule has 0 bridgehead atoms. The van der Waals surface area contributed by atoms with Gasteiger partial charge in [0, 0.05) is 45.7 Å². The van der Waals surface area contributed by atoms with Gasteiger partial charge in [0.2, 0.25) is 5.91 Å². The van der Waals surface area contributed by atoms with Crippen molar-refractivity contribution in [2.75, 3.05) is 39.8 Å². The number of ether oxygens (including phenoxy) is 1. The molecule has 0 N–H and O–H groups in total. The average Bonchev–Trinajstić information content (AvgIpc) is 2.94. The number of amides is 2. The van der Waals surface area contributed by atoms with Crippen molar-refractivity contribution in [3.05, 3.63) is 48.0 Å². The Bertz CT molecular complexity index is 790. The summed E-state index contributed by atoms with van der Waals surface area (Å²) < 4.78 is 6.15. The van der Waals surface area contributed by atoms with E-state index in [1.54, 1.807) is 0 Å². The highest BCUT2D eigenvalue weighted by molar-refractivity contribution is 5.87. The van der Waals surface area contributed by atoms with E-state index in [9.17, 15) is 9.59 Å². The second-order valence-corrected chi connectivity index (χ2v) is 9.20. The second kappa shape index (κ2) is 9.96. The lowest BCUT2D eigenvalue weighted by Crippen LogP contribution is -2.61. The van der Waals surface area contributed by atoms with Crippen LogP contribution in [0.25, 0.3) is 0 Å². The SMILES string of the molecule is CN(C(=O)CN1CCO[C@@]2(CC=CCN(Cc3ccccc3)C2=O)C1)C1CCCCC1. The van der Waals surface area contributed by atoms with Gasteiger partial charge in [0.1, 0.15) is 0 Å². The molecule has 168 valence electrons. The first-order valence-electron chi connectivity index (χ1n) is 11.7. The Hall–Kier alpha value is -2.18. The van der Waals surface area contributed by atoms with Crippen LogP contribution in [0.3, 0.4) is 0 Å². The lowest BCUT2D eigenvalue weighted by Gasteiger charge is -2.43. The Morgan fingerprint density at radius 2 is 1.94 bits per heavy atom. The maximum atomic E-state index is 13.6. The van der Waals surface area contributed by atoms with Crippen molar-refractivity contribution < 1.29 is 14.3 Å². The van der Waals surface area contributed by atoms with Crippen molar-refractivity contribution in [1.82, 2.24) is 14.7 Å². The molecule has 1 aliphatic carbocycles. The minimum atomic E-state index is -0.899. The number of hydrogen-bond donors (Lipinski definition) is 0. The average molecular weight is 426 g/mol. The fourth-order valence-corrected chi connectivity index (χ4v) is 5.09. The summed E-state index contributed by atoms with van der Waals surface area (Å²) in [5.74, 6) is 0.181. The molecule has 1 saturated heterocycles. The number of carbonyl (C=O) groups is 2. The summed E-state index contributed by atoms with van der Waals surface area (Å²) in [6, 6.07) is 10.4. The topological polar surface area (TPSA) is 53.1 Å². The summed E-state index contributed by atoms with van der Waals surface area (Å²) in [5.41, 5.74) is 0.210. The van der Waals surface area contributed by atoms with Crippen molar-refractivity contribution in [3.63, 3.8) is 0 Å². The molecule has 0 radical (unpaired) electrons. The predicted octanol–water partition coefficient (Wildman–Crippen LogP) is 2.84. The fraction of sp³-hybridized carbons (Fsp3) is 0.600. The van der Waals surface area contributed by atoms with Gasteiger partial charge in [-0.15, -0.1) is 0 Å². The lowest BCUT2D eigenvalue weighted by atomic mass is 9.94. The number of hydrogen-bond acceptors (Lipinski definition) is 4. The van der Waals surface area contributed by atoms with E-state index in [1.165, 1.54) is 19.3 Å². The van der Waals surface area contributed by atoms with Gasteiger partial charge in [0.25, 0.3) is 5.91 Å². The molecule has 0 unspecified atom stereocenters. The molecule has 1 aromatic rings. The van der Waals surface area contributed by atoms with Crippen LogP contribution in [-0.4, -0.2) is 78.0 Å². The van der Waals surface area contributed by atoms with Crippen LogP contribution in [0.15, 0.2) is 42.5 Å². The van der Waals surface area contributed by atoms with E-state index in [4.69, 9.17) is 4.74 Å². The summed E-state index contributed by atoms with van der Waals surface area (Å²) in [7, 11) is 1.94. The van der Waals surface area contributed by atoms with Crippen LogP contribution >= 0.6 is 0 Å². The molecule has 0 aromatic heterocycles. The van der Waals surface area contributed by atoms with Gasteiger partial charge in [0.05, 0.1) is 13.2 Å². The third kappa shape index (κ3) is 5.18. The minimum absolute atomic E-state index is 0.0270. The standard InChI is InChI=1S/C25H35N3O3/c1-26(22-12-6-3-7-13-22)23(29)19-27-16-17-31-25(20-27)14-8-9-15-28(24(25)30)18-21-10-4-2-5-11-21/h2,4-5,8-11,22H,3,6-7,12-20H2,1H3/t25-/m0/s1. The maximum absolute atomic E-state index is 13.6. The van der Waals surface area contributed by atoms with Crippen LogP contribution in [0.2, 0.25) is 0 Å². The molecule has 2 fully saturated rings. The Morgan fingerprint density at radius 1 is 1.16 bits per heavy atom. The van der Waals surface area contributed by atoms with Gasteiger partial charge in [0.15, 0.2) is 5.60 Å². The van der Waals surface area contributed by atoms with Crippen LogP contribution < -0.4 is 0 Å².